The Labute approximate surface area is 86.0 Å². The Morgan fingerprint density at radius 3 is 2.87 bits per heavy atom. The fraction of sp³-hybridized carbons (Fsp3) is 0.222. The normalized spacial score (nSPS) is 11.5. The van der Waals surface area contributed by atoms with E-state index < -0.39 is 12.0 Å². The number of carbonyl (C=O) groups is 1. The summed E-state index contributed by atoms with van der Waals surface area (Å²) in [6.45, 7) is 0. The van der Waals surface area contributed by atoms with Crippen LogP contribution in [0.5, 0.6) is 0 Å². The van der Waals surface area contributed by atoms with E-state index in [0.717, 1.165) is 0 Å². The maximum atomic E-state index is 10.5. The lowest BCUT2D eigenvalue weighted by atomic mass is 10.1. The van der Waals surface area contributed by atoms with Crippen molar-refractivity contribution in [2.24, 2.45) is 10.8 Å². The van der Waals surface area contributed by atoms with Crippen LogP contribution in [-0.4, -0.2) is 17.1 Å². The molecule has 1 atom stereocenters. The average molecular weight is 206 g/mol. The molecule has 0 amide bonds. The van der Waals surface area contributed by atoms with Crippen LogP contribution in [0.25, 0.3) is 10.4 Å². The van der Waals surface area contributed by atoms with Crippen molar-refractivity contribution in [3.8, 4) is 0 Å². The van der Waals surface area contributed by atoms with E-state index in [9.17, 15) is 4.79 Å². The fourth-order valence-corrected chi connectivity index (χ4v) is 1.15. The zero-order chi connectivity index (χ0) is 11.3. The van der Waals surface area contributed by atoms with Crippen LogP contribution in [0.4, 0.5) is 5.69 Å². The van der Waals surface area contributed by atoms with E-state index in [1.807, 2.05) is 0 Å². The quantitative estimate of drug-likeness (QED) is 0.443. The molecule has 0 heterocycles. The fourth-order valence-electron chi connectivity index (χ4n) is 1.15. The zero-order valence-corrected chi connectivity index (χ0v) is 7.87. The van der Waals surface area contributed by atoms with Crippen LogP contribution in [0.1, 0.15) is 5.56 Å². The third-order valence-electron chi connectivity index (χ3n) is 1.90. The van der Waals surface area contributed by atoms with Crippen LogP contribution in [0.15, 0.2) is 29.4 Å². The van der Waals surface area contributed by atoms with Crippen molar-refractivity contribution in [2.75, 3.05) is 0 Å². The number of rotatable bonds is 4. The predicted molar refractivity (Wildman–Crippen MR) is 54.6 cm³/mol. The van der Waals surface area contributed by atoms with Crippen molar-refractivity contribution in [1.82, 2.24) is 0 Å². The van der Waals surface area contributed by atoms with Crippen molar-refractivity contribution in [2.45, 2.75) is 12.5 Å². The highest BCUT2D eigenvalue weighted by Crippen LogP contribution is 2.19. The molecular formula is C9H10N4O2. The van der Waals surface area contributed by atoms with Gasteiger partial charge in [0.15, 0.2) is 0 Å². The van der Waals surface area contributed by atoms with E-state index >= 15 is 0 Å². The summed E-state index contributed by atoms with van der Waals surface area (Å²) in [5.41, 5.74) is 14.7. The second kappa shape index (κ2) is 4.99. The van der Waals surface area contributed by atoms with Crippen LogP contribution in [0, 0.1) is 0 Å². The first-order valence-corrected chi connectivity index (χ1v) is 4.26. The molecule has 0 bridgehead atoms. The summed E-state index contributed by atoms with van der Waals surface area (Å²) in [4.78, 5) is 13.2. The number of nitrogens with two attached hydrogens (primary N) is 1. The lowest BCUT2D eigenvalue weighted by Gasteiger charge is -2.08. The van der Waals surface area contributed by atoms with E-state index in [2.05, 4.69) is 10.0 Å². The first-order chi connectivity index (χ1) is 7.15. The number of hydrogen-bond acceptors (Lipinski definition) is 3. The van der Waals surface area contributed by atoms with Gasteiger partial charge in [0.05, 0.1) is 0 Å². The molecule has 1 aromatic rings. The van der Waals surface area contributed by atoms with Gasteiger partial charge in [-0.15, -0.1) is 0 Å². The van der Waals surface area contributed by atoms with Crippen molar-refractivity contribution in [3.05, 3.63) is 40.3 Å². The molecule has 0 radical (unpaired) electrons. The molecule has 0 spiro atoms. The maximum absolute atomic E-state index is 10.5. The van der Waals surface area contributed by atoms with E-state index in [4.69, 9.17) is 16.4 Å². The van der Waals surface area contributed by atoms with Crippen molar-refractivity contribution in [1.29, 1.82) is 0 Å². The molecule has 0 aromatic heterocycles. The highest BCUT2D eigenvalue weighted by atomic mass is 16.4. The number of carboxylic acids is 1. The summed E-state index contributed by atoms with van der Waals surface area (Å²) >= 11 is 0. The summed E-state index contributed by atoms with van der Waals surface area (Å²) < 4.78 is 0. The maximum Gasteiger partial charge on any atom is 0.320 e. The Kier molecular flexibility index (Phi) is 3.68. The number of nitrogens with zero attached hydrogens (tertiary/aromatic N) is 3. The first-order valence-electron chi connectivity index (χ1n) is 4.26. The highest BCUT2D eigenvalue weighted by Gasteiger charge is 2.13. The molecule has 6 heteroatoms. The van der Waals surface area contributed by atoms with Gasteiger partial charge in [0, 0.05) is 10.6 Å². The Bertz CT molecular complexity index is 412. The van der Waals surface area contributed by atoms with E-state index in [1.54, 1.807) is 24.3 Å². The van der Waals surface area contributed by atoms with E-state index in [0.29, 0.717) is 11.3 Å². The van der Waals surface area contributed by atoms with Crippen LogP contribution >= 0.6 is 0 Å². The first kappa shape index (κ1) is 11.0. The molecule has 3 N–H and O–H groups in total. The van der Waals surface area contributed by atoms with Gasteiger partial charge in [0.25, 0.3) is 0 Å². The third kappa shape index (κ3) is 2.98. The Balaban J connectivity index is 2.93. The number of azide groups is 1. The van der Waals surface area contributed by atoms with Gasteiger partial charge in [0.2, 0.25) is 0 Å². The van der Waals surface area contributed by atoms with Crippen molar-refractivity contribution < 1.29 is 9.90 Å². The van der Waals surface area contributed by atoms with Crippen LogP contribution in [0.3, 0.4) is 0 Å². The SMILES string of the molecule is [N-]=[N+]=Nc1ccccc1C[C@H](N)C(=O)O. The molecule has 0 unspecified atom stereocenters. The summed E-state index contributed by atoms with van der Waals surface area (Å²) in [5, 5.41) is 12.1. The minimum atomic E-state index is -1.08. The monoisotopic (exact) mass is 206 g/mol. The Morgan fingerprint density at radius 2 is 2.27 bits per heavy atom. The van der Waals surface area contributed by atoms with Gasteiger partial charge in [-0.25, -0.2) is 0 Å². The molecule has 0 aliphatic rings. The second-order valence-corrected chi connectivity index (χ2v) is 2.97. The zero-order valence-electron chi connectivity index (χ0n) is 7.87. The third-order valence-corrected chi connectivity index (χ3v) is 1.90. The highest BCUT2D eigenvalue weighted by molar-refractivity contribution is 5.74. The predicted octanol–water partition coefficient (Wildman–Crippen LogP) is 1.58. The lowest BCUT2D eigenvalue weighted by Crippen LogP contribution is -2.32. The summed E-state index contributed by atoms with van der Waals surface area (Å²) in [6, 6.07) is 5.76. The molecule has 1 aromatic carbocycles. The summed E-state index contributed by atoms with van der Waals surface area (Å²) in [6.07, 6.45) is 0.143. The molecule has 1 rings (SSSR count). The van der Waals surface area contributed by atoms with Crippen molar-refractivity contribution >= 4 is 11.7 Å². The lowest BCUT2D eigenvalue weighted by molar-refractivity contribution is -0.138. The molecule has 0 aliphatic carbocycles. The van der Waals surface area contributed by atoms with Gasteiger partial charge >= 0.3 is 5.97 Å². The molecular weight excluding hydrogens is 196 g/mol. The van der Waals surface area contributed by atoms with Crippen LogP contribution in [-0.2, 0) is 11.2 Å². The summed E-state index contributed by atoms with van der Waals surface area (Å²) in [5.74, 6) is -1.08. The molecule has 6 nitrogen and oxygen atoms in total. The second-order valence-electron chi connectivity index (χ2n) is 2.97. The van der Waals surface area contributed by atoms with E-state index in [-0.39, 0.29) is 6.42 Å². The average Bonchev–Trinajstić information content (AvgIpc) is 2.21. The largest absolute Gasteiger partial charge is 0.480 e. The molecule has 0 aliphatic heterocycles. The number of benzene rings is 1. The van der Waals surface area contributed by atoms with Crippen molar-refractivity contribution in [3.63, 3.8) is 0 Å². The molecule has 0 saturated heterocycles. The molecule has 0 saturated carbocycles. The van der Waals surface area contributed by atoms with Gasteiger partial charge in [-0.1, -0.05) is 29.4 Å². The smallest absolute Gasteiger partial charge is 0.320 e. The number of hydrogen-bond donors (Lipinski definition) is 2. The van der Waals surface area contributed by atoms with E-state index in [1.165, 1.54) is 0 Å². The Morgan fingerprint density at radius 1 is 1.60 bits per heavy atom. The molecule has 15 heavy (non-hydrogen) atoms. The van der Waals surface area contributed by atoms with Crippen LogP contribution in [0.2, 0.25) is 0 Å². The number of carboxylic acid groups (broad SMARTS) is 1. The van der Waals surface area contributed by atoms with Crippen LogP contribution < -0.4 is 5.73 Å². The molecule has 78 valence electrons. The Hall–Kier alpha value is -2.04. The standard InChI is InChI=1S/C9H10N4O2/c10-7(9(14)15)5-6-3-1-2-4-8(6)12-13-11/h1-4,7H,5,10H2,(H,14,15)/t7-/m0/s1. The summed E-state index contributed by atoms with van der Waals surface area (Å²) in [7, 11) is 0. The van der Waals surface area contributed by atoms with Gasteiger partial charge in [-0.3, -0.25) is 4.79 Å². The van der Waals surface area contributed by atoms with Gasteiger partial charge in [0.1, 0.15) is 6.04 Å². The minimum absolute atomic E-state index is 0.143. The van der Waals surface area contributed by atoms with Gasteiger partial charge in [-0.2, -0.15) is 0 Å². The van der Waals surface area contributed by atoms with Gasteiger partial charge < -0.3 is 10.8 Å². The number of aliphatic carboxylic acids is 1. The topological polar surface area (TPSA) is 112 Å². The van der Waals surface area contributed by atoms with Gasteiger partial charge in [-0.05, 0) is 17.5 Å². The molecule has 0 fully saturated rings. The minimum Gasteiger partial charge on any atom is -0.480 e.